The fourth-order valence-electron chi connectivity index (χ4n) is 1.89. The van der Waals surface area contributed by atoms with Gasteiger partial charge in [-0.2, -0.15) is 0 Å². The molecule has 0 bridgehead atoms. The third-order valence-electron chi connectivity index (χ3n) is 2.95. The third kappa shape index (κ3) is 3.36. The minimum absolute atomic E-state index is 0.261. The Hall–Kier alpha value is -2.52. The molecule has 0 atom stereocenters. The second-order valence-electron chi connectivity index (χ2n) is 4.62. The minimum Gasteiger partial charge on any atom is -0.462 e. The maximum Gasteiger partial charge on any atom is 0.350 e. The van der Waals surface area contributed by atoms with Crippen LogP contribution in [0.3, 0.4) is 0 Å². The average Bonchev–Trinajstić information content (AvgIpc) is 3.27. The van der Waals surface area contributed by atoms with Crippen molar-refractivity contribution in [2.75, 3.05) is 11.9 Å². The van der Waals surface area contributed by atoms with E-state index < -0.39 is 11.9 Å². The van der Waals surface area contributed by atoms with E-state index in [9.17, 15) is 9.59 Å². The highest BCUT2D eigenvalue weighted by molar-refractivity contribution is 7.17. The molecule has 1 N–H and O–H groups in total. The van der Waals surface area contributed by atoms with Crippen molar-refractivity contribution in [3.8, 4) is 10.8 Å². The second-order valence-corrected chi connectivity index (χ2v) is 6.48. The van der Waals surface area contributed by atoms with Crippen molar-refractivity contribution >= 4 is 39.7 Å². The highest BCUT2D eigenvalue weighted by Crippen LogP contribution is 2.26. The Morgan fingerprint density at radius 3 is 2.92 bits per heavy atom. The number of hydrogen-bond donors (Lipinski definition) is 1. The van der Waals surface area contributed by atoms with Gasteiger partial charge < -0.3 is 9.15 Å². The number of carbonyl (C=O) groups is 2. The number of nitrogens with zero attached hydrogens (tertiary/aromatic N) is 2. The number of ether oxygens (including phenoxy) is 1. The lowest BCUT2D eigenvalue weighted by atomic mass is 10.4. The van der Waals surface area contributed by atoms with E-state index in [4.69, 9.17) is 9.15 Å². The number of anilines is 1. The van der Waals surface area contributed by atoms with Crippen LogP contribution in [0, 0.1) is 6.92 Å². The number of aromatic nitrogens is 2. The molecule has 1 amide bonds. The van der Waals surface area contributed by atoms with Crippen molar-refractivity contribution in [2.24, 2.45) is 0 Å². The summed E-state index contributed by atoms with van der Waals surface area (Å²) in [5, 5.41) is 5.23. The van der Waals surface area contributed by atoms with Gasteiger partial charge in [-0.05, 0) is 26.0 Å². The van der Waals surface area contributed by atoms with E-state index in [1.807, 2.05) is 0 Å². The topological polar surface area (TPSA) is 94.3 Å². The molecule has 124 valence electrons. The number of amides is 1. The molecule has 0 unspecified atom stereocenters. The number of hydrogen-bond acceptors (Lipinski definition) is 8. The smallest absolute Gasteiger partial charge is 0.350 e. The van der Waals surface area contributed by atoms with Crippen molar-refractivity contribution in [1.82, 2.24) is 9.97 Å². The van der Waals surface area contributed by atoms with Gasteiger partial charge in [-0.3, -0.25) is 10.1 Å². The van der Waals surface area contributed by atoms with Gasteiger partial charge in [-0.15, -0.1) is 11.3 Å². The van der Waals surface area contributed by atoms with E-state index in [-0.39, 0.29) is 12.3 Å². The quantitative estimate of drug-likeness (QED) is 0.696. The van der Waals surface area contributed by atoms with E-state index in [2.05, 4.69) is 15.3 Å². The van der Waals surface area contributed by atoms with Crippen molar-refractivity contribution in [3.63, 3.8) is 0 Å². The van der Waals surface area contributed by atoms with Gasteiger partial charge in [-0.25, -0.2) is 14.8 Å². The molecule has 0 aliphatic rings. The Bertz CT molecular complexity index is 867. The molecule has 3 aromatic rings. The van der Waals surface area contributed by atoms with E-state index >= 15 is 0 Å². The lowest BCUT2D eigenvalue weighted by Gasteiger charge is -1.98. The van der Waals surface area contributed by atoms with Crippen LogP contribution in [-0.2, 0) is 4.74 Å². The molecule has 0 saturated carbocycles. The maximum absolute atomic E-state index is 12.3. The van der Waals surface area contributed by atoms with Crippen LogP contribution < -0.4 is 5.32 Å². The Balaban J connectivity index is 1.73. The predicted molar refractivity (Wildman–Crippen MR) is 90.6 cm³/mol. The van der Waals surface area contributed by atoms with Crippen LogP contribution in [0.1, 0.15) is 32.8 Å². The van der Waals surface area contributed by atoms with Gasteiger partial charge in [0, 0.05) is 5.38 Å². The summed E-state index contributed by atoms with van der Waals surface area (Å²) in [6.07, 6.45) is 1.55. The van der Waals surface area contributed by atoms with Gasteiger partial charge in [0.2, 0.25) is 0 Å². The molecule has 24 heavy (non-hydrogen) atoms. The van der Waals surface area contributed by atoms with Crippen LogP contribution >= 0.6 is 22.7 Å². The first kappa shape index (κ1) is 16.3. The summed E-state index contributed by atoms with van der Waals surface area (Å²) in [5.74, 6) is -0.233. The van der Waals surface area contributed by atoms with Gasteiger partial charge in [-0.1, -0.05) is 11.3 Å². The molecular weight excluding hydrogens is 350 g/mol. The Kier molecular flexibility index (Phi) is 4.72. The summed E-state index contributed by atoms with van der Waals surface area (Å²) in [6, 6.07) is 3.53. The van der Waals surface area contributed by atoms with Gasteiger partial charge in [0.15, 0.2) is 15.9 Å². The summed E-state index contributed by atoms with van der Waals surface area (Å²) >= 11 is 2.38. The third-order valence-corrected chi connectivity index (χ3v) is 4.86. The molecule has 9 heteroatoms. The molecule has 3 rings (SSSR count). The zero-order valence-corrected chi connectivity index (χ0v) is 14.5. The van der Waals surface area contributed by atoms with Gasteiger partial charge in [0.05, 0.1) is 18.6 Å². The molecule has 0 aromatic carbocycles. The normalized spacial score (nSPS) is 10.6. The molecular formula is C15H13N3O4S2. The number of thiazole rings is 2. The zero-order valence-electron chi connectivity index (χ0n) is 12.9. The summed E-state index contributed by atoms with van der Waals surface area (Å²) < 4.78 is 10.2. The molecule has 3 heterocycles. The van der Waals surface area contributed by atoms with Crippen LogP contribution in [0.5, 0.6) is 0 Å². The zero-order chi connectivity index (χ0) is 17.1. The van der Waals surface area contributed by atoms with Gasteiger partial charge >= 0.3 is 5.97 Å². The molecule has 0 radical (unpaired) electrons. The minimum atomic E-state index is -0.443. The van der Waals surface area contributed by atoms with Gasteiger partial charge in [0.25, 0.3) is 5.91 Å². The Morgan fingerprint density at radius 2 is 2.21 bits per heavy atom. The Morgan fingerprint density at radius 1 is 1.38 bits per heavy atom. The van der Waals surface area contributed by atoms with Crippen molar-refractivity contribution in [2.45, 2.75) is 13.8 Å². The highest BCUT2D eigenvalue weighted by Gasteiger charge is 2.19. The SMILES string of the molecule is CCOC(=O)c1sc(NC(=O)c2csc(-c3ccco3)n2)nc1C. The molecule has 7 nitrogen and oxygen atoms in total. The summed E-state index contributed by atoms with van der Waals surface area (Å²) in [4.78, 5) is 32.8. The van der Waals surface area contributed by atoms with E-state index in [1.54, 1.807) is 37.6 Å². The summed E-state index contributed by atoms with van der Waals surface area (Å²) in [7, 11) is 0. The van der Waals surface area contributed by atoms with E-state index in [1.165, 1.54) is 11.3 Å². The standard InChI is InChI=1S/C15H13N3O4S2/c1-3-21-14(20)11-8(2)16-15(24-11)18-12(19)9-7-23-13(17-9)10-5-4-6-22-10/h4-7H,3H2,1-2H3,(H,16,18,19). The van der Waals surface area contributed by atoms with E-state index in [0.29, 0.717) is 26.5 Å². The van der Waals surface area contributed by atoms with Crippen LogP contribution in [0.15, 0.2) is 28.2 Å². The fourth-order valence-corrected chi connectivity index (χ4v) is 3.51. The second kappa shape index (κ2) is 6.93. The number of carbonyl (C=O) groups excluding carboxylic acids is 2. The highest BCUT2D eigenvalue weighted by atomic mass is 32.1. The maximum atomic E-state index is 12.3. The number of aryl methyl sites for hydroxylation is 1. The molecule has 0 aliphatic carbocycles. The lowest BCUT2D eigenvalue weighted by Crippen LogP contribution is -2.12. The number of esters is 1. The summed E-state index contributed by atoms with van der Waals surface area (Å²) in [5.41, 5.74) is 0.778. The lowest BCUT2D eigenvalue weighted by molar-refractivity contribution is 0.0531. The van der Waals surface area contributed by atoms with Crippen LogP contribution in [0.25, 0.3) is 10.8 Å². The first-order valence-electron chi connectivity index (χ1n) is 7.03. The molecule has 3 aromatic heterocycles. The largest absolute Gasteiger partial charge is 0.462 e. The van der Waals surface area contributed by atoms with Crippen LogP contribution in [0.4, 0.5) is 5.13 Å². The number of rotatable bonds is 5. The van der Waals surface area contributed by atoms with E-state index in [0.717, 1.165) is 11.3 Å². The first-order valence-corrected chi connectivity index (χ1v) is 8.73. The molecule has 0 saturated heterocycles. The number of nitrogens with one attached hydrogen (secondary N) is 1. The molecule has 0 aliphatic heterocycles. The number of furan rings is 1. The van der Waals surface area contributed by atoms with Crippen molar-refractivity contribution in [3.05, 3.63) is 40.0 Å². The van der Waals surface area contributed by atoms with Crippen molar-refractivity contribution < 1.29 is 18.7 Å². The monoisotopic (exact) mass is 363 g/mol. The van der Waals surface area contributed by atoms with Crippen LogP contribution in [0.2, 0.25) is 0 Å². The average molecular weight is 363 g/mol. The Labute approximate surface area is 145 Å². The van der Waals surface area contributed by atoms with Crippen LogP contribution in [-0.4, -0.2) is 28.5 Å². The predicted octanol–water partition coefficient (Wildman–Crippen LogP) is 3.60. The van der Waals surface area contributed by atoms with Gasteiger partial charge in [0.1, 0.15) is 10.6 Å². The molecule has 0 fully saturated rings. The summed E-state index contributed by atoms with van der Waals surface area (Å²) in [6.45, 7) is 3.71. The van der Waals surface area contributed by atoms with Crippen molar-refractivity contribution in [1.29, 1.82) is 0 Å². The first-order chi connectivity index (χ1) is 11.6. The molecule has 0 spiro atoms. The fraction of sp³-hybridized carbons (Fsp3) is 0.200.